The van der Waals surface area contributed by atoms with Crippen molar-refractivity contribution in [2.75, 3.05) is 5.73 Å². The van der Waals surface area contributed by atoms with Crippen LogP contribution in [0.3, 0.4) is 0 Å². The summed E-state index contributed by atoms with van der Waals surface area (Å²) in [6, 6.07) is 6.07. The number of rotatable bonds is 1. The largest absolute Gasteiger partial charge is 0.419 e. The molecule has 2 N–H and O–H groups in total. The standard InChI is InChI=1S/C12H8F4N2/c13-9-6-10(17)7(5-8(9)12(14,15)16)11-3-1-2-4-18-11/h1-6H,17H2. The van der Waals surface area contributed by atoms with Crippen molar-refractivity contribution in [3.63, 3.8) is 0 Å². The number of nitrogens with zero attached hydrogens (tertiary/aromatic N) is 1. The molecular weight excluding hydrogens is 248 g/mol. The van der Waals surface area contributed by atoms with Crippen LogP contribution in [-0.2, 0) is 6.18 Å². The van der Waals surface area contributed by atoms with E-state index in [4.69, 9.17) is 5.73 Å². The van der Waals surface area contributed by atoms with E-state index in [1.54, 1.807) is 12.1 Å². The average molecular weight is 256 g/mol. The molecule has 0 saturated heterocycles. The topological polar surface area (TPSA) is 38.9 Å². The summed E-state index contributed by atoms with van der Waals surface area (Å²) in [7, 11) is 0. The van der Waals surface area contributed by atoms with E-state index in [1.165, 1.54) is 12.3 Å². The minimum absolute atomic E-state index is 0.0596. The number of pyridine rings is 1. The molecule has 2 aromatic rings. The van der Waals surface area contributed by atoms with Gasteiger partial charge in [0.2, 0.25) is 0 Å². The highest BCUT2D eigenvalue weighted by Gasteiger charge is 2.35. The highest BCUT2D eigenvalue weighted by Crippen LogP contribution is 2.36. The molecule has 0 unspecified atom stereocenters. The molecule has 0 aliphatic rings. The van der Waals surface area contributed by atoms with Crippen molar-refractivity contribution in [3.05, 3.63) is 47.9 Å². The maximum atomic E-state index is 13.2. The van der Waals surface area contributed by atoms with Gasteiger partial charge in [0.25, 0.3) is 0 Å². The number of nitrogens with two attached hydrogens (primary N) is 1. The van der Waals surface area contributed by atoms with Crippen molar-refractivity contribution in [2.24, 2.45) is 0 Å². The third-order valence-electron chi connectivity index (χ3n) is 2.39. The predicted octanol–water partition coefficient (Wildman–Crippen LogP) is 3.49. The first-order valence-corrected chi connectivity index (χ1v) is 4.97. The van der Waals surface area contributed by atoms with E-state index >= 15 is 0 Å². The van der Waals surface area contributed by atoms with Gasteiger partial charge >= 0.3 is 6.18 Å². The lowest BCUT2D eigenvalue weighted by atomic mass is 10.0. The fourth-order valence-corrected chi connectivity index (χ4v) is 1.55. The molecule has 0 radical (unpaired) electrons. The molecule has 2 rings (SSSR count). The lowest BCUT2D eigenvalue weighted by molar-refractivity contribution is -0.139. The van der Waals surface area contributed by atoms with E-state index in [1.807, 2.05) is 0 Å². The third kappa shape index (κ3) is 2.27. The number of aromatic nitrogens is 1. The van der Waals surface area contributed by atoms with Gasteiger partial charge in [0.05, 0.1) is 11.3 Å². The van der Waals surface area contributed by atoms with Crippen molar-refractivity contribution in [2.45, 2.75) is 6.18 Å². The minimum Gasteiger partial charge on any atom is -0.398 e. The maximum Gasteiger partial charge on any atom is 0.419 e. The van der Waals surface area contributed by atoms with Crippen LogP contribution in [-0.4, -0.2) is 4.98 Å². The molecule has 0 atom stereocenters. The summed E-state index contributed by atoms with van der Waals surface area (Å²) < 4.78 is 50.9. The van der Waals surface area contributed by atoms with Gasteiger partial charge in [-0.1, -0.05) is 6.07 Å². The smallest absolute Gasteiger partial charge is 0.398 e. The molecule has 0 spiro atoms. The number of nitrogen functional groups attached to an aromatic ring is 1. The van der Waals surface area contributed by atoms with Crippen molar-refractivity contribution >= 4 is 5.69 Å². The van der Waals surface area contributed by atoms with Gasteiger partial charge in [-0.25, -0.2) is 4.39 Å². The number of hydrogen-bond acceptors (Lipinski definition) is 2. The molecule has 1 aromatic carbocycles. The second-order valence-corrected chi connectivity index (χ2v) is 3.63. The summed E-state index contributed by atoms with van der Waals surface area (Å²) in [6.45, 7) is 0. The highest BCUT2D eigenvalue weighted by atomic mass is 19.4. The molecule has 18 heavy (non-hydrogen) atoms. The van der Waals surface area contributed by atoms with Crippen LogP contribution in [0.1, 0.15) is 5.56 Å². The number of anilines is 1. The van der Waals surface area contributed by atoms with Crippen LogP contribution in [0.25, 0.3) is 11.3 Å². The number of benzene rings is 1. The maximum absolute atomic E-state index is 13.2. The van der Waals surface area contributed by atoms with Gasteiger partial charge in [0.15, 0.2) is 0 Å². The Kier molecular flexibility index (Phi) is 2.94. The third-order valence-corrected chi connectivity index (χ3v) is 2.39. The summed E-state index contributed by atoms with van der Waals surface area (Å²) in [5.41, 5.74) is 4.41. The zero-order chi connectivity index (χ0) is 13.3. The van der Waals surface area contributed by atoms with Gasteiger partial charge in [0, 0.05) is 17.4 Å². The van der Waals surface area contributed by atoms with Gasteiger partial charge in [-0.3, -0.25) is 4.98 Å². The van der Waals surface area contributed by atoms with Crippen LogP contribution in [0.5, 0.6) is 0 Å². The Hall–Kier alpha value is -2.11. The second kappa shape index (κ2) is 4.29. The summed E-state index contributed by atoms with van der Waals surface area (Å²) in [4.78, 5) is 3.89. The molecule has 6 heteroatoms. The highest BCUT2D eigenvalue weighted by molar-refractivity contribution is 5.74. The molecule has 0 amide bonds. The lowest BCUT2D eigenvalue weighted by Crippen LogP contribution is -2.09. The van der Waals surface area contributed by atoms with E-state index in [0.717, 1.165) is 0 Å². The molecular formula is C12H8F4N2. The van der Waals surface area contributed by atoms with E-state index in [-0.39, 0.29) is 16.9 Å². The van der Waals surface area contributed by atoms with Crippen molar-refractivity contribution in [3.8, 4) is 11.3 Å². The van der Waals surface area contributed by atoms with Gasteiger partial charge in [-0.15, -0.1) is 0 Å². The summed E-state index contributed by atoms with van der Waals surface area (Å²) in [6.07, 6.45) is -3.34. The average Bonchev–Trinajstić information content (AvgIpc) is 2.28. The zero-order valence-corrected chi connectivity index (χ0v) is 9.00. The molecule has 0 fully saturated rings. The first-order valence-electron chi connectivity index (χ1n) is 4.97. The van der Waals surface area contributed by atoms with Crippen molar-refractivity contribution < 1.29 is 17.6 Å². The predicted molar refractivity (Wildman–Crippen MR) is 59.0 cm³/mol. The van der Waals surface area contributed by atoms with E-state index in [2.05, 4.69) is 4.98 Å². The number of alkyl halides is 3. The second-order valence-electron chi connectivity index (χ2n) is 3.63. The number of hydrogen-bond donors (Lipinski definition) is 1. The van der Waals surface area contributed by atoms with Crippen molar-refractivity contribution in [1.29, 1.82) is 0 Å². The van der Waals surface area contributed by atoms with Gasteiger partial charge < -0.3 is 5.73 Å². The Bertz CT molecular complexity index is 564. The first kappa shape index (κ1) is 12.3. The molecule has 0 aliphatic carbocycles. The monoisotopic (exact) mass is 256 g/mol. The molecule has 94 valence electrons. The van der Waals surface area contributed by atoms with Crippen LogP contribution in [0.15, 0.2) is 36.5 Å². The van der Waals surface area contributed by atoms with Crippen LogP contribution >= 0.6 is 0 Å². The fourth-order valence-electron chi connectivity index (χ4n) is 1.55. The molecule has 1 heterocycles. The van der Waals surface area contributed by atoms with E-state index < -0.39 is 17.6 Å². The summed E-state index contributed by atoms with van der Waals surface area (Å²) in [5.74, 6) is -1.39. The van der Waals surface area contributed by atoms with Crippen LogP contribution in [0.2, 0.25) is 0 Å². The molecule has 1 aromatic heterocycles. The van der Waals surface area contributed by atoms with Crippen LogP contribution < -0.4 is 5.73 Å². The molecule has 0 saturated carbocycles. The van der Waals surface area contributed by atoms with E-state index in [9.17, 15) is 17.6 Å². The molecule has 2 nitrogen and oxygen atoms in total. The Morgan fingerprint density at radius 2 is 1.83 bits per heavy atom. The van der Waals surface area contributed by atoms with Gasteiger partial charge in [-0.05, 0) is 24.3 Å². The minimum atomic E-state index is -4.76. The Morgan fingerprint density at radius 3 is 2.39 bits per heavy atom. The summed E-state index contributed by atoms with van der Waals surface area (Å²) >= 11 is 0. The quantitative estimate of drug-likeness (QED) is 0.626. The van der Waals surface area contributed by atoms with Gasteiger partial charge in [-0.2, -0.15) is 13.2 Å². The Labute approximate surface area is 100 Å². The first-order chi connectivity index (χ1) is 8.39. The summed E-state index contributed by atoms with van der Waals surface area (Å²) in [5, 5.41) is 0. The zero-order valence-electron chi connectivity index (χ0n) is 9.00. The Balaban J connectivity index is 2.63. The van der Waals surface area contributed by atoms with Crippen LogP contribution in [0, 0.1) is 5.82 Å². The van der Waals surface area contributed by atoms with Crippen LogP contribution in [0.4, 0.5) is 23.2 Å². The Morgan fingerprint density at radius 1 is 1.11 bits per heavy atom. The number of halogens is 4. The normalized spacial score (nSPS) is 11.6. The van der Waals surface area contributed by atoms with Gasteiger partial charge in [0.1, 0.15) is 5.82 Å². The van der Waals surface area contributed by atoms with E-state index in [0.29, 0.717) is 12.1 Å². The SMILES string of the molecule is Nc1cc(F)c(C(F)(F)F)cc1-c1ccccn1. The molecule has 0 bridgehead atoms. The lowest BCUT2D eigenvalue weighted by Gasteiger charge is -2.12. The van der Waals surface area contributed by atoms with Crippen molar-refractivity contribution in [1.82, 2.24) is 4.98 Å². The molecule has 0 aliphatic heterocycles. The fraction of sp³-hybridized carbons (Fsp3) is 0.0833.